The number of aromatic nitrogens is 2. The Bertz CT molecular complexity index is 1070. The molecule has 1 saturated carbocycles. The zero-order valence-electron chi connectivity index (χ0n) is 18.9. The van der Waals surface area contributed by atoms with E-state index in [0.29, 0.717) is 61.9 Å². The van der Waals surface area contributed by atoms with Crippen LogP contribution in [0.25, 0.3) is 5.69 Å². The van der Waals surface area contributed by atoms with Gasteiger partial charge in [-0.2, -0.15) is 5.10 Å². The Morgan fingerprint density at radius 2 is 1.97 bits per heavy atom. The predicted molar refractivity (Wildman–Crippen MR) is 120 cm³/mol. The lowest BCUT2D eigenvalue weighted by atomic mass is 9.75. The maximum atomic E-state index is 15.9. The molecule has 1 fully saturated rings. The topological polar surface area (TPSA) is 110 Å². The number of aliphatic hydroxyl groups is 1. The first-order valence-electron chi connectivity index (χ1n) is 11.3. The first kappa shape index (κ1) is 22.5. The zero-order valence-corrected chi connectivity index (χ0v) is 18.9. The van der Waals surface area contributed by atoms with Gasteiger partial charge in [0.25, 0.3) is 5.91 Å². The van der Waals surface area contributed by atoms with Crippen LogP contribution >= 0.6 is 0 Å². The number of hydrogen-bond donors (Lipinski definition) is 3. The van der Waals surface area contributed by atoms with E-state index in [1.807, 2.05) is 20.8 Å². The normalized spacial score (nSPS) is 22.5. The largest absolute Gasteiger partial charge is 0.393 e. The predicted octanol–water partition coefficient (Wildman–Crippen LogP) is 3.54. The number of carbonyl (C=O) groups is 2. The third kappa shape index (κ3) is 4.03. The Morgan fingerprint density at radius 3 is 2.59 bits per heavy atom. The molecule has 0 unspecified atom stereocenters. The highest BCUT2D eigenvalue weighted by atomic mass is 19.1. The molecule has 1 aromatic carbocycles. The second-order valence-corrected chi connectivity index (χ2v) is 9.81. The van der Waals surface area contributed by atoms with Gasteiger partial charge in [0.2, 0.25) is 0 Å². The number of amides is 1. The maximum Gasteiger partial charge on any atom is 0.250 e. The molecule has 0 bridgehead atoms. The molecule has 4 N–H and O–H groups in total. The van der Waals surface area contributed by atoms with Crippen LogP contribution in [0.4, 0.5) is 10.1 Å². The second kappa shape index (κ2) is 8.31. The lowest BCUT2D eigenvalue weighted by Gasteiger charge is -2.30. The Balaban J connectivity index is 1.82. The van der Waals surface area contributed by atoms with Gasteiger partial charge in [-0.1, -0.05) is 20.8 Å². The van der Waals surface area contributed by atoms with E-state index in [0.717, 1.165) is 0 Å². The summed E-state index contributed by atoms with van der Waals surface area (Å²) in [6.07, 6.45) is 3.83. The van der Waals surface area contributed by atoms with Gasteiger partial charge in [-0.15, -0.1) is 0 Å². The first-order valence-corrected chi connectivity index (χ1v) is 11.3. The van der Waals surface area contributed by atoms with Crippen molar-refractivity contribution in [2.24, 2.45) is 11.1 Å². The molecule has 172 valence electrons. The maximum absolute atomic E-state index is 15.9. The minimum absolute atomic E-state index is 0.0348. The van der Waals surface area contributed by atoms with E-state index in [1.54, 1.807) is 0 Å². The number of benzene rings is 1. The number of nitrogens with two attached hydrogens (primary N) is 1. The lowest BCUT2D eigenvalue weighted by Crippen LogP contribution is -2.30. The second-order valence-electron chi connectivity index (χ2n) is 9.81. The molecule has 0 atom stereocenters. The number of anilines is 1. The van der Waals surface area contributed by atoms with Crippen LogP contribution in [0.1, 0.15) is 85.0 Å². The molecule has 0 spiro atoms. The molecule has 2 aliphatic carbocycles. The van der Waals surface area contributed by atoms with E-state index < -0.39 is 11.7 Å². The Morgan fingerprint density at radius 1 is 1.28 bits per heavy atom. The van der Waals surface area contributed by atoms with Gasteiger partial charge < -0.3 is 16.2 Å². The van der Waals surface area contributed by atoms with Gasteiger partial charge in [0.05, 0.1) is 34.3 Å². The third-order valence-corrected chi connectivity index (χ3v) is 6.61. The fourth-order valence-electron chi connectivity index (χ4n) is 4.97. The summed E-state index contributed by atoms with van der Waals surface area (Å²) in [5.74, 6) is -1.30. The van der Waals surface area contributed by atoms with Crippen LogP contribution in [0.3, 0.4) is 0 Å². The summed E-state index contributed by atoms with van der Waals surface area (Å²) < 4.78 is 17.4. The monoisotopic (exact) mass is 442 g/mol. The highest BCUT2D eigenvalue weighted by Gasteiger charge is 2.37. The quantitative estimate of drug-likeness (QED) is 0.656. The van der Waals surface area contributed by atoms with Crippen LogP contribution in [-0.2, 0) is 12.8 Å². The number of ketones is 1. The average Bonchev–Trinajstić information content (AvgIpc) is 3.08. The highest BCUT2D eigenvalue weighted by molar-refractivity contribution is 6.00. The van der Waals surface area contributed by atoms with Gasteiger partial charge >= 0.3 is 0 Å². The number of fused-ring (bicyclic) bond motifs is 1. The summed E-state index contributed by atoms with van der Waals surface area (Å²) in [6, 6.07) is 2.94. The van der Waals surface area contributed by atoms with Crippen LogP contribution in [-0.4, -0.2) is 38.7 Å². The molecule has 2 aromatic rings. The molecule has 1 aromatic heterocycles. The molecule has 4 rings (SSSR count). The van der Waals surface area contributed by atoms with Crippen LogP contribution < -0.4 is 11.1 Å². The number of Topliss-reactive ketones (excluding diaryl/α,β-unsaturated/α-hetero) is 1. The van der Waals surface area contributed by atoms with Crippen molar-refractivity contribution in [2.45, 2.75) is 77.9 Å². The first-order chi connectivity index (χ1) is 15.1. The Hall–Kier alpha value is -2.74. The van der Waals surface area contributed by atoms with Crippen LogP contribution in [0, 0.1) is 11.2 Å². The van der Waals surface area contributed by atoms with Gasteiger partial charge in [0.1, 0.15) is 5.69 Å². The molecule has 32 heavy (non-hydrogen) atoms. The van der Waals surface area contributed by atoms with Crippen molar-refractivity contribution in [1.29, 1.82) is 0 Å². The molecule has 1 amide bonds. The van der Waals surface area contributed by atoms with Crippen molar-refractivity contribution < 1.29 is 19.1 Å². The third-order valence-electron chi connectivity index (χ3n) is 6.61. The number of primary amides is 1. The minimum Gasteiger partial charge on any atom is -0.393 e. The standard InChI is InChI=1S/C24H31FN4O3/c1-4-16-20-18(11-24(2,3)12-19(20)31)29(28-16)17-10-9-15(23(26)32)22(21(17)25)27-13-5-7-14(30)8-6-13/h9-10,13-14,27,30H,4-8,11-12H2,1-3H3,(H2,26,32)/t13-,14-. The molecular weight excluding hydrogens is 411 g/mol. The van der Waals surface area contributed by atoms with Crippen molar-refractivity contribution in [3.8, 4) is 5.69 Å². The lowest BCUT2D eigenvalue weighted by molar-refractivity contribution is 0.0909. The highest BCUT2D eigenvalue weighted by Crippen LogP contribution is 2.38. The van der Waals surface area contributed by atoms with Gasteiger partial charge in [-0.05, 0) is 56.1 Å². The van der Waals surface area contributed by atoms with Crippen molar-refractivity contribution in [3.05, 3.63) is 40.5 Å². The Kier molecular flexibility index (Phi) is 5.83. The summed E-state index contributed by atoms with van der Waals surface area (Å²) in [6.45, 7) is 5.97. The fourth-order valence-corrected chi connectivity index (χ4v) is 4.97. The van der Waals surface area contributed by atoms with E-state index in [4.69, 9.17) is 5.73 Å². The number of halogens is 1. The van der Waals surface area contributed by atoms with Gasteiger partial charge in [0.15, 0.2) is 11.6 Å². The molecule has 0 saturated heterocycles. The number of rotatable bonds is 5. The van der Waals surface area contributed by atoms with Crippen molar-refractivity contribution in [3.63, 3.8) is 0 Å². The van der Waals surface area contributed by atoms with Crippen LogP contribution in [0.15, 0.2) is 12.1 Å². The number of nitrogens with one attached hydrogen (secondary N) is 1. The molecule has 1 heterocycles. The minimum atomic E-state index is -0.721. The van der Waals surface area contributed by atoms with Crippen molar-refractivity contribution in [1.82, 2.24) is 9.78 Å². The molecule has 0 aliphatic heterocycles. The summed E-state index contributed by atoms with van der Waals surface area (Å²) in [4.78, 5) is 24.9. The van der Waals surface area contributed by atoms with Gasteiger partial charge in [-0.3, -0.25) is 9.59 Å². The SMILES string of the molecule is CCc1nn(-c2ccc(C(N)=O)c(N[C@H]3CC[C@H](O)CC3)c2F)c2c1C(=O)CC(C)(C)C2. The van der Waals surface area contributed by atoms with E-state index in [-0.39, 0.29) is 40.3 Å². The summed E-state index contributed by atoms with van der Waals surface area (Å²) >= 11 is 0. The van der Waals surface area contributed by atoms with Crippen molar-refractivity contribution in [2.75, 3.05) is 5.32 Å². The fraction of sp³-hybridized carbons (Fsp3) is 0.542. The number of carbonyl (C=O) groups excluding carboxylic acids is 2. The van der Waals surface area contributed by atoms with Gasteiger partial charge in [-0.25, -0.2) is 9.07 Å². The van der Waals surface area contributed by atoms with E-state index in [9.17, 15) is 14.7 Å². The summed E-state index contributed by atoms with van der Waals surface area (Å²) in [5.41, 5.74) is 7.58. The number of nitrogens with zero attached hydrogens (tertiary/aromatic N) is 2. The molecular formula is C24H31FN4O3. The van der Waals surface area contributed by atoms with Crippen LogP contribution in [0.2, 0.25) is 0 Å². The summed E-state index contributed by atoms with van der Waals surface area (Å²) in [7, 11) is 0. The van der Waals surface area contributed by atoms with Crippen molar-refractivity contribution >= 4 is 17.4 Å². The molecule has 2 aliphatic rings. The summed E-state index contributed by atoms with van der Waals surface area (Å²) in [5, 5.41) is 17.5. The number of aliphatic hydroxyl groups excluding tert-OH is 1. The molecule has 0 radical (unpaired) electrons. The average molecular weight is 443 g/mol. The smallest absolute Gasteiger partial charge is 0.250 e. The van der Waals surface area contributed by atoms with E-state index in [1.165, 1.54) is 16.8 Å². The van der Waals surface area contributed by atoms with Gasteiger partial charge in [0, 0.05) is 12.5 Å². The van der Waals surface area contributed by atoms with E-state index >= 15 is 4.39 Å². The van der Waals surface area contributed by atoms with Crippen LogP contribution in [0.5, 0.6) is 0 Å². The van der Waals surface area contributed by atoms with E-state index in [2.05, 4.69) is 10.4 Å². The zero-order chi connectivity index (χ0) is 23.2. The molecule has 7 nitrogen and oxygen atoms in total. The number of aryl methyl sites for hydroxylation is 1. The number of hydrogen-bond acceptors (Lipinski definition) is 5. The Labute approximate surface area is 187 Å². The molecule has 8 heteroatoms.